The molecule has 0 spiro atoms. The van der Waals surface area contributed by atoms with Crippen LogP contribution in [-0.2, 0) is 6.54 Å². The third kappa shape index (κ3) is 3.07. The summed E-state index contributed by atoms with van der Waals surface area (Å²) in [6, 6.07) is 5.22. The van der Waals surface area contributed by atoms with Crippen molar-refractivity contribution in [3.8, 4) is 0 Å². The van der Waals surface area contributed by atoms with Crippen LogP contribution in [-0.4, -0.2) is 27.8 Å². The van der Waals surface area contributed by atoms with Gasteiger partial charge < -0.3 is 10.6 Å². The zero-order chi connectivity index (χ0) is 13.8. The Morgan fingerprint density at radius 1 is 1.32 bits per heavy atom. The highest BCUT2D eigenvalue weighted by Crippen LogP contribution is 2.11. The lowest BCUT2D eigenvalue weighted by Crippen LogP contribution is -2.26. The first-order chi connectivity index (χ1) is 9.08. The summed E-state index contributed by atoms with van der Waals surface area (Å²) in [6.07, 6.45) is 5.01. The molecule has 2 aromatic rings. The van der Waals surface area contributed by atoms with Gasteiger partial charge in [-0.05, 0) is 36.2 Å². The number of nitrogens with two attached hydrogens (primary N) is 1. The van der Waals surface area contributed by atoms with E-state index in [2.05, 4.69) is 9.97 Å². The monoisotopic (exact) mass is 256 g/mol. The average Bonchev–Trinajstić information content (AvgIpc) is 2.41. The Kier molecular flexibility index (Phi) is 3.75. The summed E-state index contributed by atoms with van der Waals surface area (Å²) in [5.74, 6) is 0.327. The molecular weight excluding hydrogens is 240 g/mol. The van der Waals surface area contributed by atoms with E-state index in [-0.39, 0.29) is 5.91 Å². The van der Waals surface area contributed by atoms with Crippen LogP contribution in [0.4, 0.5) is 5.82 Å². The van der Waals surface area contributed by atoms with Gasteiger partial charge in [-0.15, -0.1) is 0 Å². The van der Waals surface area contributed by atoms with Crippen molar-refractivity contribution in [2.45, 2.75) is 13.5 Å². The Hall–Kier alpha value is -2.43. The number of aryl methyl sites for hydroxylation is 1. The zero-order valence-corrected chi connectivity index (χ0v) is 11.0. The molecule has 0 atom stereocenters. The first kappa shape index (κ1) is 13.0. The SMILES string of the molecule is Cc1cnccc1CN(C)C(=O)c1ccc(N)nc1. The Bertz CT molecular complexity index is 580. The molecule has 19 heavy (non-hydrogen) atoms. The van der Waals surface area contributed by atoms with Crippen molar-refractivity contribution < 1.29 is 4.79 Å². The second-order valence-electron chi connectivity index (χ2n) is 4.44. The molecule has 0 aliphatic rings. The van der Waals surface area contributed by atoms with Crippen LogP contribution in [0.1, 0.15) is 21.5 Å². The Morgan fingerprint density at radius 2 is 2.11 bits per heavy atom. The lowest BCUT2D eigenvalue weighted by molar-refractivity contribution is 0.0784. The van der Waals surface area contributed by atoms with Crippen LogP contribution >= 0.6 is 0 Å². The van der Waals surface area contributed by atoms with Crippen LogP contribution in [0.25, 0.3) is 0 Å². The molecule has 5 nitrogen and oxygen atoms in total. The predicted octanol–water partition coefficient (Wildman–Crippen LogP) is 1.64. The van der Waals surface area contributed by atoms with Gasteiger partial charge in [0.05, 0.1) is 5.56 Å². The number of carbonyl (C=O) groups excluding carboxylic acids is 1. The highest BCUT2D eigenvalue weighted by atomic mass is 16.2. The Labute approximate surface area is 112 Å². The Balaban J connectivity index is 2.12. The average molecular weight is 256 g/mol. The van der Waals surface area contributed by atoms with Gasteiger partial charge in [0.2, 0.25) is 0 Å². The van der Waals surface area contributed by atoms with E-state index in [1.807, 2.05) is 13.0 Å². The van der Waals surface area contributed by atoms with Crippen LogP contribution in [0.15, 0.2) is 36.8 Å². The summed E-state index contributed by atoms with van der Waals surface area (Å²) >= 11 is 0. The van der Waals surface area contributed by atoms with Crippen LogP contribution < -0.4 is 5.73 Å². The number of aromatic nitrogens is 2. The molecule has 5 heteroatoms. The van der Waals surface area contributed by atoms with Gasteiger partial charge in [0.1, 0.15) is 5.82 Å². The summed E-state index contributed by atoms with van der Waals surface area (Å²) in [4.78, 5) is 21.8. The molecule has 2 aromatic heterocycles. The van der Waals surface area contributed by atoms with Gasteiger partial charge in [-0.3, -0.25) is 9.78 Å². The van der Waals surface area contributed by atoms with Crippen molar-refractivity contribution in [1.82, 2.24) is 14.9 Å². The second kappa shape index (κ2) is 5.48. The number of rotatable bonds is 3. The van der Waals surface area contributed by atoms with E-state index in [0.29, 0.717) is 17.9 Å². The maximum absolute atomic E-state index is 12.2. The van der Waals surface area contributed by atoms with Gasteiger partial charge in [0, 0.05) is 32.2 Å². The molecule has 0 aromatic carbocycles. The van der Waals surface area contributed by atoms with E-state index < -0.39 is 0 Å². The van der Waals surface area contributed by atoms with Crippen molar-refractivity contribution in [3.63, 3.8) is 0 Å². The standard InChI is InChI=1S/C14H16N4O/c1-10-7-16-6-5-12(10)9-18(2)14(19)11-3-4-13(15)17-8-11/h3-8H,9H2,1-2H3,(H2,15,17). The third-order valence-corrected chi connectivity index (χ3v) is 2.92. The van der Waals surface area contributed by atoms with E-state index in [1.165, 1.54) is 6.20 Å². The molecule has 1 amide bonds. The van der Waals surface area contributed by atoms with Gasteiger partial charge in [-0.1, -0.05) is 0 Å². The molecule has 0 radical (unpaired) electrons. The maximum atomic E-state index is 12.2. The highest BCUT2D eigenvalue weighted by Gasteiger charge is 2.13. The van der Waals surface area contributed by atoms with Crippen LogP contribution in [0, 0.1) is 6.92 Å². The topological polar surface area (TPSA) is 72.1 Å². The third-order valence-electron chi connectivity index (χ3n) is 2.92. The lowest BCUT2D eigenvalue weighted by Gasteiger charge is -2.18. The number of hydrogen-bond acceptors (Lipinski definition) is 4. The van der Waals surface area contributed by atoms with E-state index in [0.717, 1.165) is 11.1 Å². The van der Waals surface area contributed by atoms with Gasteiger partial charge in [0.25, 0.3) is 5.91 Å². The molecule has 0 unspecified atom stereocenters. The van der Waals surface area contributed by atoms with Crippen molar-refractivity contribution in [1.29, 1.82) is 0 Å². The molecule has 0 saturated heterocycles. The summed E-state index contributed by atoms with van der Waals surface area (Å²) < 4.78 is 0. The molecule has 2 heterocycles. The molecule has 98 valence electrons. The maximum Gasteiger partial charge on any atom is 0.255 e. The fourth-order valence-corrected chi connectivity index (χ4v) is 1.76. The first-order valence-corrected chi connectivity index (χ1v) is 5.94. The zero-order valence-electron chi connectivity index (χ0n) is 11.0. The minimum absolute atomic E-state index is 0.0799. The van der Waals surface area contributed by atoms with E-state index >= 15 is 0 Å². The van der Waals surface area contributed by atoms with Gasteiger partial charge >= 0.3 is 0 Å². The van der Waals surface area contributed by atoms with Crippen molar-refractivity contribution in [3.05, 3.63) is 53.5 Å². The minimum atomic E-state index is -0.0799. The van der Waals surface area contributed by atoms with E-state index in [4.69, 9.17) is 5.73 Å². The summed E-state index contributed by atoms with van der Waals surface area (Å²) in [5, 5.41) is 0. The Morgan fingerprint density at radius 3 is 2.74 bits per heavy atom. The molecule has 0 bridgehead atoms. The molecule has 2 rings (SSSR count). The quantitative estimate of drug-likeness (QED) is 0.906. The van der Waals surface area contributed by atoms with Crippen LogP contribution in [0.3, 0.4) is 0 Å². The van der Waals surface area contributed by atoms with E-state index in [9.17, 15) is 4.79 Å². The lowest BCUT2D eigenvalue weighted by atomic mass is 10.1. The van der Waals surface area contributed by atoms with Gasteiger partial charge in [0.15, 0.2) is 0 Å². The molecule has 0 fully saturated rings. The molecule has 2 N–H and O–H groups in total. The first-order valence-electron chi connectivity index (χ1n) is 5.94. The fraction of sp³-hybridized carbons (Fsp3) is 0.214. The number of carbonyl (C=O) groups is 1. The minimum Gasteiger partial charge on any atom is -0.384 e. The van der Waals surface area contributed by atoms with E-state index in [1.54, 1.807) is 36.5 Å². The largest absolute Gasteiger partial charge is 0.384 e. The smallest absolute Gasteiger partial charge is 0.255 e. The highest BCUT2D eigenvalue weighted by molar-refractivity contribution is 5.93. The van der Waals surface area contributed by atoms with Gasteiger partial charge in [-0.25, -0.2) is 4.98 Å². The van der Waals surface area contributed by atoms with Crippen molar-refractivity contribution in [2.24, 2.45) is 0 Å². The molecular formula is C14H16N4O. The predicted molar refractivity (Wildman–Crippen MR) is 73.4 cm³/mol. The van der Waals surface area contributed by atoms with Crippen LogP contribution in [0.2, 0.25) is 0 Å². The molecule has 0 aliphatic heterocycles. The number of pyridine rings is 2. The molecule has 0 saturated carbocycles. The summed E-state index contributed by atoms with van der Waals surface area (Å²) in [5.41, 5.74) is 8.18. The molecule has 0 aliphatic carbocycles. The normalized spacial score (nSPS) is 10.2. The number of anilines is 1. The van der Waals surface area contributed by atoms with Crippen LogP contribution in [0.5, 0.6) is 0 Å². The van der Waals surface area contributed by atoms with Gasteiger partial charge in [-0.2, -0.15) is 0 Å². The summed E-state index contributed by atoms with van der Waals surface area (Å²) in [6.45, 7) is 2.52. The number of nitrogen functional groups attached to an aromatic ring is 1. The number of hydrogen-bond donors (Lipinski definition) is 1. The second-order valence-corrected chi connectivity index (χ2v) is 4.44. The van der Waals surface area contributed by atoms with Crippen molar-refractivity contribution >= 4 is 11.7 Å². The number of nitrogens with zero attached hydrogens (tertiary/aromatic N) is 3. The number of amides is 1. The fourth-order valence-electron chi connectivity index (χ4n) is 1.76. The van der Waals surface area contributed by atoms with Crippen molar-refractivity contribution in [2.75, 3.05) is 12.8 Å². The summed E-state index contributed by atoms with van der Waals surface area (Å²) in [7, 11) is 1.76.